The molecule has 2 rings (SSSR count). The fraction of sp³-hybridized carbons (Fsp3) is 0.357. The number of rotatable bonds is 3. The molecule has 1 unspecified atom stereocenters. The summed E-state index contributed by atoms with van der Waals surface area (Å²) in [6.07, 6.45) is 7.64. The molecule has 0 bridgehead atoms. The van der Waals surface area contributed by atoms with Gasteiger partial charge in [-0.05, 0) is 43.4 Å². The van der Waals surface area contributed by atoms with E-state index in [9.17, 15) is 4.79 Å². The molecule has 0 saturated carbocycles. The van der Waals surface area contributed by atoms with Crippen molar-refractivity contribution >= 4 is 23.2 Å². The van der Waals surface area contributed by atoms with Gasteiger partial charge < -0.3 is 11.1 Å². The number of amides is 1. The third-order valence-corrected chi connectivity index (χ3v) is 3.48. The van der Waals surface area contributed by atoms with Crippen LogP contribution in [0.5, 0.6) is 0 Å². The second-order valence-electron chi connectivity index (χ2n) is 4.60. The molecule has 1 aliphatic rings. The Balaban J connectivity index is 1.93. The van der Waals surface area contributed by atoms with Crippen molar-refractivity contribution in [2.24, 2.45) is 5.92 Å². The summed E-state index contributed by atoms with van der Waals surface area (Å²) in [5.41, 5.74) is 6.64. The molecule has 0 aromatic heterocycles. The van der Waals surface area contributed by atoms with Crippen LogP contribution in [0.1, 0.15) is 29.6 Å². The van der Waals surface area contributed by atoms with Crippen molar-refractivity contribution in [3.05, 3.63) is 40.9 Å². The fourth-order valence-electron chi connectivity index (χ4n) is 2.09. The molecule has 0 spiro atoms. The second kappa shape index (κ2) is 5.91. The minimum atomic E-state index is -0.130. The Labute approximate surface area is 112 Å². The van der Waals surface area contributed by atoms with E-state index >= 15 is 0 Å². The van der Waals surface area contributed by atoms with Crippen LogP contribution in [0.15, 0.2) is 30.4 Å². The molecule has 0 radical (unpaired) electrons. The predicted octanol–water partition coefficient (Wildman–Crippen LogP) is 3.01. The minimum Gasteiger partial charge on any atom is -0.399 e. The van der Waals surface area contributed by atoms with Crippen molar-refractivity contribution in [2.75, 3.05) is 12.3 Å². The Hall–Kier alpha value is -1.48. The number of anilines is 1. The molecular formula is C14H17ClN2O. The minimum absolute atomic E-state index is 0.130. The van der Waals surface area contributed by atoms with Gasteiger partial charge in [0.15, 0.2) is 0 Å². The average Bonchev–Trinajstić information content (AvgIpc) is 2.37. The molecule has 4 heteroatoms. The van der Waals surface area contributed by atoms with E-state index in [1.165, 1.54) is 0 Å². The molecule has 0 saturated heterocycles. The standard InChI is InChI=1S/C14H17ClN2O/c15-13-8-11(16)6-7-12(13)14(18)17-9-10-4-2-1-3-5-10/h1-2,6-8,10H,3-5,9,16H2,(H,17,18). The van der Waals surface area contributed by atoms with Gasteiger partial charge in [0.25, 0.3) is 5.91 Å². The second-order valence-corrected chi connectivity index (χ2v) is 5.01. The lowest BCUT2D eigenvalue weighted by Gasteiger charge is -2.18. The van der Waals surface area contributed by atoms with Gasteiger partial charge in [-0.15, -0.1) is 0 Å². The van der Waals surface area contributed by atoms with Crippen molar-refractivity contribution in [1.82, 2.24) is 5.32 Å². The lowest BCUT2D eigenvalue weighted by Crippen LogP contribution is -2.29. The Morgan fingerprint density at radius 1 is 1.44 bits per heavy atom. The predicted molar refractivity (Wildman–Crippen MR) is 74.7 cm³/mol. The summed E-state index contributed by atoms with van der Waals surface area (Å²) < 4.78 is 0. The number of nitrogens with two attached hydrogens (primary N) is 1. The number of nitrogens with one attached hydrogen (secondary N) is 1. The Kier molecular flexibility index (Phi) is 4.26. The van der Waals surface area contributed by atoms with Crippen LogP contribution in [0.4, 0.5) is 5.69 Å². The van der Waals surface area contributed by atoms with Crippen LogP contribution >= 0.6 is 11.6 Å². The highest BCUT2D eigenvalue weighted by Gasteiger charge is 2.14. The highest BCUT2D eigenvalue weighted by atomic mass is 35.5. The Bertz CT molecular complexity index is 471. The van der Waals surface area contributed by atoms with Gasteiger partial charge in [-0.25, -0.2) is 0 Å². The molecule has 1 atom stereocenters. The molecule has 3 nitrogen and oxygen atoms in total. The number of nitrogen functional groups attached to an aromatic ring is 1. The highest BCUT2D eigenvalue weighted by molar-refractivity contribution is 6.34. The zero-order valence-corrected chi connectivity index (χ0v) is 10.9. The molecule has 0 aliphatic heterocycles. The lowest BCUT2D eigenvalue weighted by molar-refractivity contribution is 0.0946. The molecule has 1 aromatic carbocycles. The number of carbonyl (C=O) groups is 1. The third-order valence-electron chi connectivity index (χ3n) is 3.17. The van der Waals surface area contributed by atoms with Gasteiger partial charge in [0.1, 0.15) is 0 Å². The van der Waals surface area contributed by atoms with Crippen LogP contribution in [0.25, 0.3) is 0 Å². The Morgan fingerprint density at radius 2 is 2.28 bits per heavy atom. The van der Waals surface area contributed by atoms with Crippen LogP contribution in [0, 0.1) is 5.92 Å². The summed E-state index contributed by atoms with van der Waals surface area (Å²) in [7, 11) is 0. The van der Waals surface area contributed by atoms with Crippen molar-refractivity contribution in [2.45, 2.75) is 19.3 Å². The van der Waals surface area contributed by atoms with Gasteiger partial charge >= 0.3 is 0 Å². The van der Waals surface area contributed by atoms with Crippen molar-refractivity contribution in [1.29, 1.82) is 0 Å². The normalized spacial score (nSPS) is 18.6. The molecule has 1 aliphatic carbocycles. The number of hydrogen-bond acceptors (Lipinski definition) is 2. The molecular weight excluding hydrogens is 248 g/mol. The van der Waals surface area contributed by atoms with E-state index in [0.717, 1.165) is 19.3 Å². The summed E-state index contributed by atoms with van der Waals surface area (Å²) in [5, 5.41) is 3.33. The quantitative estimate of drug-likeness (QED) is 0.651. The van der Waals surface area contributed by atoms with Crippen LogP contribution < -0.4 is 11.1 Å². The first-order valence-electron chi connectivity index (χ1n) is 6.15. The van der Waals surface area contributed by atoms with E-state index in [1.807, 2.05) is 0 Å². The van der Waals surface area contributed by atoms with E-state index in [4.69, 9.17) is 17.3 Å². The molecule has 0 fully saturated rings. The Morgan fingerprint density at radius 3 is 2.94 bits per heavy atom. The van der Waals surface area contributed by atoms with Gasteiger partial charge in [-0.1, -0.05) is 23.8 Å². The molecule has 1 aromatic rings. The van der Waals surface area contributed by atoms with E-state index in [-0.39, 0.29) is 5.91 Å². The summed E-state index contributed by atoms with van der Waals surface area (Å²) >= 11 is 5.99. The zero-order chi connectivity index (χ0) is 13.0. The fourth-order valence-corrected chi connectivity index (χ4v) is 2.36. The van der Waals surface area contributed by atoms with E-state index in [0.29, 0.717) is 28.7 Å². The largest absolute Gasteiger partial charge is 0.399 e. The first kappa shape index (κ1) is 13.0. The number of allylic oxidation sites excluding steroid dienone is 2. The first-order chi connectivity index (χ1) is 8.66. The van der Waals surface area contributed by atoms with Crippen LogP contribution in [0.2, 0.25) is 5.02 Å². The first-order valence-corrected chi connectivity index (χ1v) is 6.53. The molecule has 3 N–H and O–H groups in total. The summed E-state index contributed by atoms with van der Waals surface area (Å²) in [5.74, 6) is 0.404. The topological polar surface area (TPSA) is 55.1 Å². The van der Waals surface area contributed by atoms with Crippen molar-refractivity contribution < 1.29 is 4.79 Å². The monoisotopic (exact) mass is 264 g/mol. The summed E-state index contributed by atoms with van der Waals surface area (Å²) in [4.78, 5) is 12.0. The molecule has 96 valence electrons. The number of hydrogen-bond donors (Lipinski definition) is 2. The molecule has 0 heterocycles. The van der Waals surface area contributed by atoms with Crippen molar-refractivity contribution in [3.63, 3.8) is 0 Å². The average molecular weight is 265 g/mol. The molecule has 1 amide bonds. The third kappa shape index (κ3) is 3.26. The SMILES string of the molecule is Nc1ccc(C(=O)NCC2CC=CCC2)c(Cl)c1. The number of benzene rings is 1. The van der Waals surface area contributed by atoms with Crippen LogP contribution in [-0.2, 0) is 0 Å². The number of halogens is 1. The summed E-state index contributed by atoms with van der Waals surface area (Å²) in [6.45, 7) is 0.698. The number of carbonyl (C=O) groups excluding carboxylic acids is 1. The van der Waals surface area contributed by atoms with Crippen LogP contribution in [0.3, 0.4) is 0 Å². The van der Waals surface area contributed by atoms with Gasteiger partial charge in [0.05, 0.1) is 10.6 Å². The van der Waals surface area contributed by atoms with Crippen LogP contribution in [-0.4, -0.2) is 12.5 Å². The lowest BCUT2D eigenvalue weighted by atomic mass is 9.94. The molecule has 18 heavy (non-hydrogen) atoms. The maximum atomic E-state index is 12.0. The van der Waals surface area contributed by atoms with Gasteiger partial charge in [-0.3, -0.25) is 4.79 Å². The van der Waals surface area contributed by atoms with Gasteiger partial charge in [0, 0.05) is 12.2 Å². The highest BCUT2D eigenvalue weighted by Crippen LogP contribution is 2.20. The smallest absolute Gasteiger partial charge is 0.252 e. The van der Waals surface area contributed by atoms with E-state index < -0.39 is 0 Å². The van der Waals surface area contributed by atoms with Gasteiger partial charge in [0.2, 0.25) is 0 Å². The van der Waals surface area contributed by atoms with Crippen molar-refractivity contribution in [3.8, 4) is 0 Å². The van der Waals surface area contributed by atoms with E-state index in [1.54, 1.807) is 18.2 Å². The summed E-state index contributed by atoms with van der Waals surface area (Å²) in [6, 6.07) is 4.94. The maximum absolute atomic E-state index is 12.0. The zero-order valence-electron chi connectivity index (χ0n) is 10.2. The van der Waals surface area contributed by atoms with E-state index in [2.05, 4.69) is 17.5 Å². The van der Waals surface area contributed by atoms with Gasteiger partial charge in [-0.2, -0.15) is 0 Å². The maximum Gasteiger partial charge on any atom is 0.252 e.